The summed E-state index contributed by atoms with van der Waals surface area (Å²) in [4.78, 5) is 14.8. The molecule has 22 heavy (non-hydrogen) atoms. The SMILES string of the molecule is O=C(CC1(O)CCCCC1)N1CCNCC1c1ccccc1. The summed E-state index contributed by atoms with van der Waals surface area (Å²) in [6, 6.07) is 10.3. The van der Waals surface area contributed by atoms with Crippen molar-refractivity contribution in [2.24, 2.45) is 0 Å². The van der Waals surface area contributed by atoms with E-state index in [0.29, 0.717) is 6.54 Å². The first-order valence-corrected chi connectivity index (χ1v) is 8.45. The Balaban J connectivity index is 1.71. The molecule has 3 rings (SSSR count). The molecule has 2 fully saturated rings. The molecular formula is C18H26N2O2. The smallest absolute Gasteiger partial charge is 0.226 e. The number of benzene rings is 1. The molecule has 0 bridgehead atoms. The van der Waals surface area contributed by atoms with Gasteiger partial charge in [0.15, 0.2) is 0 Å². The van der Waals surface area contributed by atoms with Crippen molar-refractivity contribution in [1.82, 2.24) is 10.2 Å². The van der Waals surface area contributed by atoms with Gasteiger partial charge in [-0.1, -0.05) is 49.6 Å². The number of piperazine rings is 1. The van der Waals surface area contributed by atoms with Crippen LogP contribution in [0.1, 0.15) is 50.1 Å². The molecule has 1 atom stereocenters. The summed E-state index contributed by atoms with van der Waals surface area (Å²) in [6.45, 7) is 2.33. The van der Waals surface area contributed by atoms with Gasteiger partial charge in [0.2, 0.25) is 5.91 Å². The van der Waals surface area contributed by atoms with E-state index in [1.165, 1.54) is 12.0 Å². The molecule has 1 unspecified atom stereocenters. The molecule has 1 saturated heterocycles. The van der Waals surface area contributed by atoms with E-state index in [4.69, 9.17) is 0 Å². The minimum Gasteiger partial charge on any atom is -0.389 e. The summed E-state index contributed by atoms with van der Waals surface area (Å²) in [5, 5.41) is 14.0. The normalized spacial score (nSPS) is 25.0. The van der Waals surface area contributed by atoms with E-state index in [1.54, 1.807) is 0 Å². The van der Waals surface area contributed by atoms with Crippen LogP contribution in [0.3, 0.4) is 0 Å². The summed E-state index contributed by atoms with van der Waals surface area (Å²) in [5.74, 6) is 0.0970. The predicted molar refractivity (Wildman–Crippen MR) is 86.4 cm³/mol. The molecule has 2 N–H and O–H groups in total. The van der Waals surface area contributed by atoms with Crippen molar-refractivity contribution in [3.63, 3.8) is 0 Å². The van der Waals surface area contributed by atoms with E-state index in [0.717, 1.165) is 38.8 Å². The Kier molecular flexibility index (Phi) is 4.79. The van der Waals surface area contributed by atoms with Gasteiger partial charge in [-0.05, 0) is 18.4 Å². The van der Waals surface area contributed by atoms with Gasteiger partial charge in [-0.2, -0.15) is 0 Å². The highest BCUT2D eigenvalue weighted by Crippen LogP contribution is 2.33. The second kappa shape index (κ2) is 6.80. The van der Waals surface area contributed by atoms with Gasteiger partial charge in [-0.3, -0.25) is 4.79 Å². The highest BCUT2D eigenvalue weighted by molar-refractivity contribution is 5.78. The molecule has 0 aromatic heterocycles. The largest absolute Gasteiger partial charge is 0.389 e. The van der Waals surface area contributed by atoms with Crippen molar-refractivity contribution in [3.8, 4) is 0 Å². The van der Waals surface area contributed by atoms with E-state index in [9.17, 15) is 9.90 Å². The molecule has 4 heteroatoms. The first kappa shape index (κ1) is 15.5. The maximum absolute atomic E-state index is 12.8. The molecule has 1 aromatic rings. The minimum atomic E-state index is -0.776. The van der Waals surface area contributed by atoms with Gasteiger partial charge in [0.05, 0.1) is 18.1 Å². The Morgan fingerprint density at radius 1 is 1.23 bits per heavy atom. The quantitative estimate of drug-likeness (QED) is 0.900. The number of carbonyl (C=O) groups excluding carboxylic acids is 1. The van der Waals surface area contributed by atoms with Gasteiger partial charge in [0, 0.05) is 19.6 Å². The topological polar surface area (TPSA) is 52.6 Å². The molecule has 1 aliphatic carbocycles. The van der Waals surface area contributed by atoms with Crippen LogP contribution in [0, 0.1) is 0 Å². The van der Waals surface area contributed by atoms with Crippen LogP contribution < -0.4 is 5.32 Å². The lowest BCUT2D eigenvalue weighted by Crippen LogP contribution is -2.50. The highest BCUT2D eigenvalue weighted by atomic mass is 16.3. The number of nitrogens with zero attached hydrogens (tertiary/aromatic N) is 1. The fourth-order valence-corrected chi connectivity index (χ4v) is 3.75. The number of amides is 1. The van der Waals surface area contributed by atoms with Crippen molar-refractivity contribution in [2.45, 2.75) is 50.2 Å². The van der Waals surface area contributed by atoms with Gasteiger partial charge in [-0.25, -0.2) is 0 Å². The van der Waals surface area contributed by atoms with Gasteiger partial charge in [0.1, 0.15) is 0 Å². The van der Waals surface area contributed by atoms with Crippen LogP contribution in [0.4, 0.5) is 0 Å². The minimum absolute atomic E-state index is 0.0784. The van der Waals surface area contributed by atoms with Crippen molar-refractivity contribution in [3.05, 3.63) is 35.9 Å². The Morgan fingerprint density at radius 3 is 2.68 bits per heavy atom. The molecule has 2 aliphatic rings. The van der Waals surface area contributed by atoms with E-state index in [-0.39, 0.29) is 18.4 Å². The summed E-state index contributed by atoms with van der Waals surface area (Å²) in [7, 11) is 0. The fraction of sp³-hybridized carbons (Fsp3) is 0.611. The first-order chi connectivity index (χ1) is 10.7. The molecule has 1 aromatic carbocycles. The van der Waals surface area contributed by atoms with Crippen LogP contribution >= 0.6 is 0 Å². The second-order valence-electron chi connectivity index (χ2n) is 6.68. The lowest BCUT2D eigenvalue weighted by molar-refractivity contribution is -0.141. The van der Waals surface area contributed by atoms with Gasteiger partial charge in [-0.15, -0.1) is 0 Å². The van der Waals surface area contributed by atoms with Gasteiger partial charge >= 0.3 is 0 Å². The molecule has 1 aliphatic heterocycles. The summed E-state index contributed by atoms with van der Waals surface area (Å²) >= 11 is 0. The number of aliphatic hydroxyl groups is 1. The number of rotatable bonds is 3. The predicted octanol–water partition coefficient (Wildman–Crippen LogP) is 2.24. The van der Waals surface area contributed by atoms with E-state index >= 15 is 0 Å². The van der Waals surface area contributed by atoms with E-state index < -0.39 is 5.60 Å². The molecule has 0 radical (unpaired) electrons. The van der Waals surface area contributed by atoms with Crippen LogP contribution in [0.15, 0.2) is 30.3 Å². The standard InChI is InChI=1S/C18H26N2O2/c21-17(13-18(22)9-5-2-6-10-18)20-12-11-19-14-16(20)15-7-3-1-4-8-15/h1,3-4,7-8,16,19,22H,2,5-6,9-14H2. The zero-order valence-electron chi connectivity index (χ0n) is 13.1. The lowest BCUT2D eigenvalue weighted by Gasteiger charge is -2.39. The van der Waals surface area contributed by atoms with Crippen LogP contribution in [0.5, 0.6) is 0 Å². The molecule has 0 spiro atoms. The van der Waals surface area contributed by atoms with Crippen LogP contribution in [0.25, 0.3) is 0 Å². The Labute approximate surface area is 132 Å². The summed E-state index contributed by atoms with van der Waals surface area (Å²) in [6.07, 6.45) is 5.05. The third kappa shape index (κ3) is 3.50. The zero-order chi connectivity index (χ0) is 15.4. The molecule has 120 valence electrons. The number of hydrogen-bond donors (Lipinski definition) is 2. The molecule has 4 nitrogen and oxygen atoms in total. The Bertz CT molecular complexity index is 497. The maximum atomic E-state index is 12.8. The molecule has 1 saturated carbocycles. The highest BCUT2D eigenvalue weighted by Gasteiger charge is 2.36. The lowest BCUT2D eigenvalue weighted by atomic mass is 9.82. The van der Waals surface area contributed by atoms with Crippen LogP contribution in [-0.2, 0) is 4.79 Å². The van der Waals surface area contributed by atoms with Gasteiger partial charge < -0.3 is 15.3 Å². The van der Waals surface area contributed by atoms with Crippen LogP contribution in [-0.4, -0.2) is 41.1 Å². The summed E-state index contributed by atoms with van der Waals surface area (Å²) < 4.78 is 0. The number of nitrogens with one attached hydrogen (secondary N) is 1. The first-order valence-electron chi connectivity index (χ1n) is 8.45. The number of carbonyl (C=O) groups is 1. The van der Waals surface area contributed by atoms with Crippen molar-refractivity contribution in [1.29, 1.82) is 0 Å². The van der Waals surface area contributed by atoms with Crippen molar-refractivity contribution >= 4 is 5.91 Å². The third-order valence-electron chi connectivity index (χ3n) is 5.01. The van der Waals surface area contributed by atoms with Crippen LogP contribution in [0.2, 0.25) is 0 Å². The molecule has 1 heterocycles. The average molecular weight is 302 g/mol. The fourth-order valence-electron chi connectivity index (χ4n) is 3.75. The molecular weight excluding hydrogens is 276 g/mol. The Hall–Kier alpha value is -1.39. The third-order valence-corrected chi connectivity index (χ3v) is 5.01. The average Bonchev–Trinajstić information content (AvgIpc) is 2.56. The molecule has 1 amide bonds. The Morgan fingerprint density at radius 2 is 1.95 bits per heavy atom. The number of hydrogen-bond acceptors (Lipinski definition) is 3. The van der Waals surface area contributed by atoms with Crippen molar-refractivity contribution < 1.29 is 9.90 Å². The summed E-state index contributed by atoms with van der Waals surface area (Å²) in [5.41, 5.74) is 0.389. The van der Waals surface area contributed by atoms with Gasteiger partial charge in [0.25, 0.3) is 0 Å². The zero-order valence-corrected chi connectivity index (χ0v) is 13.1. The van der Waals surface area contributed by atoms with Crippen molar-refractivity contribution in [2.75, 3.05) is 19.6 Å². The monoisotopic (exact) mass is 302 g/mol. The maximum Gasteiger partial charge on any atom is 0.226 e. The van der Waals surface area contributed by atoms with E-state index in [2.05, 4.69) is 17.4 Å². The van der Waals surface area contributed by atoms with E-state index in [1.807, 2.05) is 23.1 Å². The second-order valence-corrected chi connectivity index (χ2v) is 6.68.